The van der Waals surface area contributed by atoms with Crippen molar-refractivity contribution in [2.24, 2.45) is 0 Å². The molecule has 20 heavy (non-hydrogen) atoms. The number of rotatable bonds is 10. The van der Waals surface area contributed by atoms with Crippen LogP contribution in [-0.4, -0.2) is 9.55 Å². The Kier molecular flexibility index (Phi) is 6.62. The smallest absolute Gasteiger partial charge is 0.0958 e. The van der Waals surface area contributed by atoms with Crippen LogP contribution in [0.25, 0.3) is 11.0 Å². The second-order valence-electron chi connectivity index (χ2n) is 5.76. The van der Waals surface area contributed by atoms with Gasteiger partial charge in [-0.05, 0) is 18.6 Å². The maximum atomic E-state index is 4.44. The number of hydrogen-bond donors (Lipinski definition) is 0. The zero-order valence-electron chi connectivity index (χ0n) is 12.9. The van der Waals surface area contributed by atoms with Crippen molar-refractivity contribution in [1.29, 1.82) is 0 Å². The van der Waals surface area contributed by atoms with E-state index in [1.54, 1.807) is 0 Å². The van der Waals surface area contributed by atoms with Gasteiger partial charge in [-0.25, -0.2) is 4.98 Å². The number of imidazole rings is 1. The van der Waals surface area contributed by atoms with Crippen LogP contribution in [-0.2, 0) is 6.54 Å². The molecule has 0 saturated carbocycles. The minimum atomic E-state index is 1.11. The third kappa shape index (κ3) is 4.66. The lowest BCUT2D eigenvalue weighted by atomic mass is 10.1. The molecule has 0 unspecified atom stereocenters. The van der Waals surface area contributed by atoms with E-state index < -0.39 is 0 Å². The van der Waals surface area contributed by atoms with Gasteiger partial charge < -0.3 is 4.57 Å². The van der Waals surface area contributed by atoms with Crippen molar-refractivity contribution in [2.75, 3.05) is 0 Å². The molecule has 0 amide bonds. The Bertz CT molecular complexity index is 487. The fraction of sp³-hybridized carbons (Fsp3) is 0.611. The van der Waals surface area contributed by atoms with E-state index in [9.17, 15) is 0 Å². The van der Waals surface area contributed by atoms with E-state index >= 15 is 0 Å². The first kappa shape index (κ1) is 15.1. The highest BCUT2D eigenvalue weighted by atomic mass is 15.0. The first-order chi connectivity index (χ1) is 9.92. The number of fused-ring (bicyclic) bond motifs is 1. The van der Waals surface area contributed by atoms with E-state index in [0.29, 0.717) is 0 Å². The van der Waals surface area contributed by atoms with Gasteiger partial charge in [0.15, 0.2) is 0 Å². The van der Waals surface area contributed by atoms with Crippen molar-refractivity contribution in [1.82, 2.24) is 9.55 Å². The normalized spacial score (nSPS) is 11.2. The Labute approximate surface area is 123 Å². The SMILES string of the molecule is CCCCCCCCCCCn1cnc2ccccc21. The number of aromatic nitrogens is 2. The molecule has 1 aromatic carbocycles. The third-order valence-electron chi connectivity index (χ3n) is 4.03. The predicted molar refractivity (Wildman–Crippen MR) is 87.0 cm³/mol. The molecule has 0 bridgehead atoms. The summed E-state index contributed by atoms with van der Waals surface area (Å²) in [5.74, 6) is 0. The Morgan fingerprint density at radius 2 is 1.50 bits per heavy atom. The average molecular weight is 272 g/mol. The predicted octanol–water partition coefficient (Wildman–Crippen LogP) is 5.57. The molecule has 2 heteroatoms. The minimum Gasteiger partial charge on any atom is -0.331 e. The van der Waals surface area contributed by atoms with Gasteiger partial charge >= 0.3 is 0 Å². The monoisotopic (exact) mass is 272 g/mol. The molecular formula is C18H28N2. The van der Waals surface area contributed by atoms with Crippen molar-refractivity contribution in [3.63, 3.8) is 0 Å². The molecule has 0 radical (unpaired) electrons. The van der Waals surface area contributed by atoms with Crippen molar-refractivity contribution in [3.05, 3.63) is 30.6 Å². The van der Waals surface area contributed by atoms with Crippen LogP contribution in [0.15, 0.2) is 30.6 Å². The number of aryl methyl sites for hydroxylation is 1. The number of benzene rings is 1. The number of nitrogens with zero attached hydrogens (tertiary/aromatic N) is 2. The first-order valence-corrected chi connectivity index (χ1v) is 8.31. The summed E-state index contributed by atoms with van der Waals surface area (Å²) in [6.07, 6.45) is 14.4. The van der Waals surface area contributed by atoms with E-state index in [-0.39, 0.29) is 0 Å². The average Bonchev–Trinajstić information content (AvgIpc) is 2.89. The van der Waals surface area contributed by atoms with Crippen molar-refractivity contribution < 1.29 is 0 Å². The van der Waals surface area contributed by atoms with Gasteiger partial charge in [0, 0.05) is 6.54 Å². The van der Waals surface area contributed by atoms with Crippen LogP contribution in [0, 0.1) is 0 Å². The molecule has 1 aromatic heterocycles. The molecule has 0 aliphatic carbocycles. The van der Waals surface area contributed by atoms with Gasteiger partial charge in [0.25, 0.3) is 0 Å². The molecule has 0 aliphatic rings. The Balaban J connectivity index is 1.57. The number of para-hydroxylation sites is 2. The maximum Gasteiger partial charge on any atom is 0.0958 e. The minimum absolute atomic E-state index is 1.11. The van der Waals surface area contributed by atoms with E-state index in [2.05, 4.69) is 40.7 Å². The Morgan fingerprint density at radius 3 is 2.25 bits per heavy atom. The number of hydrogen-bond acceptors (Lipinski definition) is 1. The van der Waals surface area contributed by atoms with Crippen LogP contribution in [0.1, 0.15) is 64.7 Å². The molecule has 2 rings (SSSR count). The summed E-state index contributed by atoms with van der Waals surface area (Å²) in [5.41, 5.74) is 2.38. The highest BCUT2D eigenvalue weighted by molar-refractivity contribution is 5.74. The first-order valence-electron chi connectivity index (χ1n) is 8.31. The van der Waals surface area contributed by atoms with Gasteiger partial charge in [-0.1, -0.05) is 70.4 Å². The van der Waals surface area contributed by atoms with Crippen LogP contribution in [0.5, 0.6) is 0 Å². The van der Waals surface area contributed by atoms with Gasteiger partial charge in [-0.3, -0.25) is 0 Å². The second-order valence-corrected chi connectivity index (χ2v) is 5.76. The third-order valence-corrected chi connectivity index (χ3v) is 4.03. The van der Waals surface area contributed by atoms with Crippen LogP contribution in [0.2, 0.25) is 0 Å². The van der Waals surface area contributed by atoms with Crippen molar-refractivity contribution in [2.45, 2.75) is 71.3 Å². The van der Waals surface area contributed by atoms with Gasteiger partial charge in [0.05, 0.1) is 17.4 Å². The molecule has 0 aliphatic heterocycles. The summed E-state index contributed by atoms with van der Waals surface area (Å²) in [7, 11) is 0. The van der Waals surface area contributed by atoms with Crippen LogP contribution < -0.4 is 0 Å². The molecule has 0 saturated heterocycles. The summed E-state index contributed by atoms with van der Waals surface area (Å²) in [6.45, 7) is 3.39. The molecule has 0 atom stereocenters. The summed E-state index contributed by atoms with van der Waals surface area (Å²) in [4.78, 5) is 4.44. The van der Waals surface area contributed by atoms with Gasteiger partial charge in [-0.15, -0.1) is 0 Å². The summed E-state index contributed by atoms with van der Waals surface area (Å²) < 4.78 is 2.29. The molecule has 0 N–H and O–H groups in total. The summed E-state index contributed by atoms with van der Waals surface area (Å²) >= 11 is 0. The van der Waals surface area contributed by atoms with Gasteiger partial charge in [0.2, 0.25) is 0 Å². The summed E-state index contributed by atoms with van der Waals surface area (Å²) in [6, 6.07) is 8.40. The van der Waals surface area contributed by atoms with E-state index in [4.69, 9.17) is 0 Å². The highest BCUT2D eigenvalue weighted by Gasteiger charge is 2.00. The Hall–Kier alpha value is -1.31. The van der Waals surface area contributed by atoms with E-state index in [1.165, 1.54) is 63.3 Å². The quantitative estimate of drug-likeness (QED) is 0.517. The molecule has 0 spiro atoms. The largest absolute Gasteiger partial charge is 0.331 e. The van der Waals surface area contributed by atoms with E-state index in [1.807, 2.05) is 6.33 Å². The van der Waals surface area contributed by atoms with Crippen LogP contribution >= 0.6 is 0 Å². The fourth-order valence-corrected chi connectivity index (χ4v) is 2.78. The molecule has 1 heterocycles. The lowest BCUT2D eigenvalue weighted by Crippen LogP contribution is -1.95. The zero-order valence-corrected chi connectivity index (χ0v) is 12.9. The fourth-order valence-electron chi connectivity index (χ4n) is 2.78. The highest BCUT2D eigenvalue weighted by Crippen LogP contribution is 2.14. The topological polar surface area (TPSA) is 17.8 Å². The second kappa shape index (κ2) is 8.78. The molecule has 110 valence electrons. The maximum absolute atomic E-state index is 4.44. The Morgan fingerprint density at radius 1 is 0.850 bits per heavy atom. The van der Waals surface area contributed by atoms with Crippen molar-refractivity contribution >= 4 is 11.0 Å². The molecule has 2 nitrogen and oxygen atoms in total. The van der Waals surface area contributed by atoms with Crippen LogP contribution in [0.4, 0.5) is 0 Å². The standard InChI is InChI=1S/C18H28N2/c1-2-3-4-5-6-7-8-9-12-15-20-16-19-17-13-10-11-14-18(17)20/h10-11,13-14,16H,2-9,12,15H2,1H3. The molecular weight excluding hydrogens is 244 g/mol. The summed E-state index contributed by atoms with van der Waals surface area (Å²) in [5, 5.41) is 0. The van der Waals surface area contributed by atoms with Gasteiger partial charge in [0.1, 0.15) is 0 Å². The number of unbranched alkanes of at least 4 members (excludes halogenated alkanes) is 8. The lowest BCUT2D eigenvalue weighted by molar-refractivity contribution is 0.542. The molecule has 2 aromatic rings. The lowest BCUT2D eigenvalue weighted by Gasteiger charge is -2.04. The zero-order chi connectivity index (χ0) is 14.0. The van der Waals surface area contributed by atoms with Gasteiger partial charge in [-0.2, -0.15) is 0 Å². The van der Waals surface area contributed by atoms with Crippen LogP contribution in [0.3, 0.4) is 0 Å². The van der Waals surface area contributed by atoms with Crippen molar-refractivity contribution in [3.8, 4) is 0 Å². The molecule has 0 fully saturated rings. The van der Waals surface area contributed by atoms with E-state index in [0.717, 1.165) is 12.1 Å².